The second-order valence-corrected chi connectivity index (χ2v) is 2.11. The predicted molar refractivity (Wildman–Crippen MR) is 31.8 cm³/mol. The van der Waals surface area contributed by atoms with E-state index < -0.39 is 17.0 Å². The lowest BCUT2D eigenvalue weighted by Crippen LogP contribution is -2.05. The van der Waals surface area contributed by atoms with Crippen LogP contribution in [-0.4, -0.2) is 17.1 Å². The molecule has 0 unspecified atom stereocenters. The standard InChI is InChI=1S/C4H4Cl2F2O/c5-3(1-2-9)4(6,7)8/h1,9H,2H2. The van der Waals surface area contributed by atoms with Crippen LogP contribution in [-0.2, 0) is 0 Å². The lowest BCUT2D eigenvalue weighted by molar-refractivity contribution is 0.146. The van der Waals surface area contributed by atoms with E-state index in [1.807, 2.05) is 0 Å². The van der Waals surface area contributed by atoms with Crippen molar-refractivity contribution in [2.45, 2.75) is 5.38 Å². The van der Waals surface area contributed by atoms with Crippen LogP contribution in [0.3, 0.4) is 0 Å². The lowest BCUT2D eigenvalue weighted by atomic mass is 10.5. The van der Waals surface area contributed by atoms with Gasteiger partial charge in [0.1, 0.15) is 5.03 Å². The number of rotatable bonds is 2. The number of alkyl halides is 3. The van der Waals surface area contributed by atoms with E-state index in [0.717, 1.165) is 6.08 Å². The smallest absolute Gasteiger partial charge is 0.358 e. The van der Waals surface area contributed by atoms with Crippen LogP contribution in [0.2, 0.25) is 0 Å². The fourth-order valence-electron chi connectivity index (χ4n) is 0.196. The van der Waals surface area contributed by atoms with Crippen molar-refractivity contribution in [3.8, 4) is 0 Å². The maximum Gasteiger partial charge on any atom is 0.358 e. The largest absolute Gasteiger partial charge is 0.392 e. The maximum atomic E-state index is 11.8. The molecule has 5 heteroatoms. The summed E-state index contributed by atoms with van der Waals surface area (Å²) in [5.74, 6) is 0. The van der Waals surface area contributed by atoms with Crippen LogP contribution in [0.15, 0.2) is 11.1 Å². The quantitative estimate of drug-likeness (QED) is 0.639. The van der Waals surface area contributed by atoms with Crippen LogP contribution >= 0.6 is 23.2 Å². The number of hydrogen-bond acceptors (Lipinski definition) is 1. The van der Waals surface area contributed by atoms with Crippen molar-refractivity contribution in [2.24, 2.45) is 0 Å². The first-order valence-corrected chi connectivity index (χ1v) is 2.78. The van der Waals surface area contributed by atoms with Gasteiger partial charge in [0.2, 0.25) is 0 Å². The van der Waals surface area contributed by atoms with Gasteiger partial charge in [0, 0.05) is 0 Å². The van der Waals surface area contributed by atoms with Crippen molar-refractivity contribution in [3.05, 3.63) is 11.1 Å². The zero-order valence-electron chi connectivity index (χ0n) is 4.24. The highest BCUT2D eigenvalue weighted by Crippen LogP contribution is 2.30. The van der Waals surface area contributed by atoms with E-state index in [4.69, 9.17) is 16.7 Å². The fourth-order valence-corrected chi connectivity index (χ4v) is 0.342. The van der Waals surface area contributed by atoms with Gasteiger partial charge in [-0.15, -0.1) is 0 Å². The number of hydrogen-bond donors (Lipinski definition) is 1. The zero-order valence-corrected chi connectivity index (χ0v) is 5.76. The van der Waals surface area contributed by atoms with Crippen molar-refractivity contribution in [1.29, 1.82) is 0 Å². The van der Waals surface area contributed by atoms with Crippen LogP contribution in [0.4, 0.5) is 8.78 Å². The second-order valence-electron chi connectivity index (χ2n) is 1.23. The van der Waals surface area contributed by atoms with Crippen molar-refractivity contribution < 1.29 is 13.9 Å². The summed E-state index contributed by atoms with van der Waals surface area (Å²) in [4.78, 5) is 0. The van der Waals surface area contributed by atoms with Crippen LogP contribution in [0.25, 0.3) is 0 Å². The van der Waals surface area contributed by atoms with Crippen molar-refractivity contribution >= 4 is 23.2 Å². The molecular formula is C4H4Cl2F2O. The third kappa shape index (κ3) is 3.67. The van der Waals surface area contributed by atoms with Crippen LogP contribution in [0.1, 0.15) is 0 Å². The van der Waals surface area contributed by atoms with Gasteiger partial charge in [-0.1, -0.05) is 11.6 Å². The summed E-state index contributed by atoms with van der Waals surface area (Å²) in [6.45, 7) is -0.541. The zero-order chi connectivity index (χ0) is 7.49. The minimum absolute atomic E-state index is 0.541. The van der Waals surface area contributed by atoms with Gasteiger partial charge in [-0.2, -0.15) is 8.78 Å². The Balaban J connectivity index is 4.03. The molecule has 0 aromatic rings. The van der Waals surface area contributed by atoms with Crippen molar-refractivity contribution in [2.75, 3.05) is 6.61 Å². The highest BCUT2D eigenvalue weighted by molar-refractivity contribution is 6.38. The molecule has 0 aromatic heterocycles. The molecule has 0 bridgehead atoms. The van der Waals surface area contributed by atoms with E-state index >= 15 is 0 Å². The maximum absolute atomic E-state index is 11.8. The third-order valence-corrected chi connectivity index (χ3v) is 1.23. The Morgan fingerprint density at radius 1 is 1.67 bits per heavy atom. The second kappa shape index (κ2) is 3.34. The molecule has 0 rings (SSSR count). The first-order valence-electron chi connectivity index (χ1n) is 2.02. The molecule has 0 radical (unpaired) electrons. The summed E-state index contributed by atoms with van der Waals surface area (Å²) < 4.78 is 23.5. The summed E-state index contributed by atoms with van der Waals surface area (Å²) >= 11 is 9.29. The predicted octanol–water partition coefficient (Wildman–Crippen LogP) is 1.93. The third-order valence-electron chi connectivity index (χ3n) is 0.541. The van der Waals surface area contributed by atoms with E-state index in [-0.39, 0.29) is 0 Å². The van der Waals surface area contributed by atoms with Gasteiger partial charge < -0.3 is 5.11 Å². The van der Waals surface area contributed by atoms with Crippen molar-refractivity contribution in [3.63, 3.8) is 0 Å². The molecule has 1 N–H and O–H groups in total. The molecule has 54 valence electrons. The highest BCUT2D eigenvalue weighted by atomic mass is 35.5. The van der Waals surface area contributed by atoms with Crippen molar-refractivity contribution in [1.82, 2.24) is 0 Å². The Kier molecular flexibility index (Phi) is 3.40. The van der Waals surface area contributed by atoms with E-state index in [1.54, 1.807) is 0 Å². The SMILES string of the molecule is OCC=C(Cl)C(F)(F)Cl. The molecule has 0 amide bonds. The Morgan fingerprint density at radius 2 is 2.11 bits per heavy atom. The summed E-state index contributed by atoms with van der Waals surface area (Å²) in [5, 5.41) is 3.64. The van der Waals surface area contributed by atoms with Gasteiger partial charge in [-0.05, 0) is 17.7 Å². The molecule has 0 heterocycles. The van der Waals surface area contributed by atoms with Gasteiger partial charge >= 0.3 is 5.38 Å². The Labute approximate surface area is 60.9 Å². The van der Waals surface area contributed by atoms with Crippen LogP contribution < -0.4 is 0 Å². The molecule has 0 aliphatic rings. The van der Waals surface area contributed by atoms with Crippen LogP contribution in [0.5, 0.6) is 0 Å². The summed E-state index contributed by atoms with van der Waals surface area (Å²) in [6.07, 6.45) is 0.731. The van der Waals surface area contributed by atoms with Gasteiger partial charge in [-0.3, -0.25) is 0 Å². The Hall–Kier alpha value is 0.140. The Morgan fingerprint density at radius 3 is 2.22 bits per heavy atom. The number of allylic oxidation sites excluding steroid dienone is 1. The molecule has 0 aliphatic carbocycles. The highest BCUT2D eigenvalue weighted by Gasteiger charge is 2.28. The topological polar surface area (TPSA) is 20.2 Å². The van der Waals surface area contributed by atoms with E-state index in [1.165, 1.54) is 0 Å². The number of aliphatic hydroxyl groups is 1. The molecule has 0 aliphatic heterocycles. The number of aliphatic hydroxyl groups excluding tert-OH is 1. The van der Waals surface area contributed by atoms with Gasteiger partial charge in [-0.25, -0.2) is 0 Å². The Bertz CT molecular complexity index is 118. The average Bonchev–Trinajstić information content (AvgIpc) is 1.64. The molecule has 0 saturated carbocycles. The molecular weight excluding hydrogens is 173 g/mol. The van der Waals surface area contributed by atoms with Crippen LogP contribution in [0, 0.1) is 0 Å². The van der Waals surface area contributed by atoms with Gasteiger partial charge in [0.25, 0.3) is 0 Å². The molecule has 9 heavy (non-hydrogen) atoms. The lowest BCUT2D eigenvalue weighted by Gasteiger charge is -2.03. The van der Waals surface area contributed by atoms with Gasteiger partial charge in [0.15, 0.2) is 0 Å². The molecule has 1 nitrogen and oxygen atoms in total. The van der Waals surface area contributed by atoms with E-state index in [2.05, 4.69) is 11.6 Å². The van der Waals surface area contributed by atoms with Gasteiger partial charge in [0.05, 0.1) is 6.61 Å². The molecule has 0 fully saturated rings. The summed E-state index contributed by atoms with van der Waals surface area (Å²) in [5.41, 5.74) is 0. The average molecular weight is 177 g/mol. The fraction of sp³-hybridized carbons (Fsp3) is 0.500. The van der Waals surface area contributed by atoms with E-state index in [0.29, 0.717) is 0 Å². The number of halogens is 4. The first kappa shape index (κ1) is 9.14. The summed E-state index contributed by atoms with van der Waals surface area (Å²) in [7, 11) is 0. The normalized spacial score (nSPS) is 14.1. The molecule has 0 atom stereocenters. The summed E-state index contributed by atoms with van der Waals surface area (Å²) in [6, 6.07) is 0. The minimum Gasteiger partial charge on any atom is -0.392 e. The molecule has 0 spiro atoms. The minimum atomic E-state index is -3.55. The molecule has 0 aromatic carbocycles. The first-order chi connectivity index (χ1) is 3.98. The monoisotopic (exact) mass is 176 g/mol. The van der Waals surface area contributed by atoms with E-state index in [9.17, 15) is 8.78 Å². The molecule has 0 saturated heterocycles.